The highest BCUT2D eigenvalue weighted by Gasteiger charge is 2.32. The van der Waals surface area contributed by atoms with Crippen molar-refractivity contribution in [2.24, 2.45) is 10.8 Å². The lowest BCUT2D eigenvalue weighted by Gasteiger charge is -2.27. The van der Waals surface area contributed by atoms with Crippen molar-refractivity contribution in [3.63, 3.8) is 0 Å². The van der Waals surface area contributed by atoms with Gasteiger partial charge in [-0.05, 0) is 12.1 Å². The van der Waals surface area contributed by atoms with E-state index in [4.69, 9.17) is 9.47 Å². The maximum absolute atomic E-state index is 12.3. The van der Waals surface area contributed by atoms with Crippen LogP contribution in [0.5, 0.6) is 0 Å². The molecule has 0 radical (unpaired) electrons. The molecule has 0 saturated heterocycles. The molecule has 0 aliphatic carbocycles. The number of benzene rings is 1. The number of hydrogen-bond donors (Lipinski definition) is 6. The molecule has 0 bridgehead atoms. The molecule has 0 aliphatic rings. The fourth-order valence-electron chi connectivity index (χ4n) is 2.01. The Morgan fingerprint density at radius 3 is 1.18 bits per heavy atom. The van der Waals surface area contributed by atoms with Gasteiger partial charge in [-0.15, -0.1) is 0 Å². The number of rotatable bonds is 12. The summed E-state index contributed by atoms with van der Waals surface area (Å²) >= 11 is 0. The van der Waals surface area contributed by atoms with Crippen molar-refractivity contribution in [1.82, 2.24) is 0 Å². The molecule has 0 saturated carbocycles. The van der Waals surface area contributed by atoms with E-state index in [0.717, 1.165) is 0 Å². The first-order valence-electron chi connectivity index (χ1n) is 8.45. The minimum absolute atomic E-state index is 0.155. The molecule has 10 heteroatoms. The molecule has 0 aromatic heterocycles. The van der Waals surface area contributed by atoms with Gasteiger partial charge >= 0.3 is 11.9 Å². The Hall–Kier alpha value is -2.08. The minimum atomic E-state index is -1.42. The number of carbonyl (C=O) groups is 2. The van der Waals surface area contributed by atoms with E-state index in [1.807, 2.05) is 0 Å². The first-order valence-corrected chi connectivity index (χ1v) is 8.45. The summed E-state index contributed by atoms with van der Waals surface area (Å²) in [6, 6.07) is 5.55. The van der Waals surface area contributed by atoms with Gasteiger partial charge < -0.3 is 40.1 Å². The van der Waals surface area contributed by atoms with Crippen molar-refractivity contribution < 1.29 is 49.7 Å². The van der Waals surface area contributed by atoms with Crippen LogP contribution in [0.3, 0.4) is 0 Å². The highest BCUT2D eigenvalue weighted by Crippen LogP contribution is 2.20. The van der Waals surface area contributed by atoms with Gasteiger partial charge in [-0.25, -0.2) is 9.59 Å². The molecule has 0 spiro atoms. The lowest BCUT2D eigenvalue weighted by Crippen LogP contribution is -2.40. The average molecular weight is 402 g/mol. The van der Waals surface area contributed by atoms with Crippen molar-refractivity contribution in [2.75, 3.05) is 52.9 Å². The van der Waals surface area contributed by atoms with Crippen LogP contribution in [-0.2, 0) is 9.47 Å². The molecular weight excluding hydrogens is 376 g/mol. The maximum atomic E-state index is 12.3. The van der Waals surface area contributed by atoms with Crippen LogP contribution in [0, 0.1) is 10.8 Å². The minimum Gasteiger partial charge on any atom is -0.461 e. The van der Waals surface area contributed by atoms with Gasteiger partial charge in [0.05, 0.1) is 61.6 Å². The van der Waals surface area contributed by atoms with Crippen LogP contribution >= 0.6 is 0 Å². The second-order valence-electron chi connectivity index (χ2n) is 6.65. The van der Waals surface area contributed by atoms with Crippen LogP contribution in [0.2, 0.25) is 0 Å². The second-order valence-corrected chi connectivity index (χ2v) is 6.65. The molecule has 28 heavy (non-hydrogen) atoms. The summed E-state index contributed by atoms with van der Waals surface area (Å²) in [7, 11) is 0. The molecule has 0 heterocycles. The number of aliphatic hydroxyl groups is 6. The smallest absolute Gasteiger partial charge is 0.339 e. The molecule has 1 aromatic rings. The Morgan fingerprint density at radius 2 is 0.929 bits per heavy atom. The molecule has 0 unspecified atom stereocenters. The lowest BCUT2D eigenvalue weighted by atomic mass is 9.92. The Bertz CT molecular complexity index is 565. The van der Waals surface area contributed by atoms with Gasteiger partial charge in [0, 0.05) is 0 Å². The van der Waals surface area contributed by atoms with Crippen molar-refractivity contribution in [1.29, 1.82) is 0 Å². The zero-order valence-electron chi connectivity index (χ0n) is 15.3. The Kier molecular flexibility index (Phi) is 9.46. The predicted octanol–water partition coefficient (Wildman–Crippen LogP) is -2.07. The third-order valence-electron chi connectivity index (χ3n) is 4.40. The van der Waals surface area contributed by atoms with Gasteiger partial charge in [0.2, 0.25) is 0 Å². The summed E-state index contributed by atoms with van der Waals surface area (Å²) < 4.78 is 10.0. The highest BCUT2D eigenvalue weighted by atomic mass is 16.5. The van der Waals surface area contributed by atoms with E-state index < -0.39 is 75.6 Å². The third-order valence-corrected chi connectivity index (χ3v) is 4.40. The van der Waals surface area contributed by atoms with Crippen LogP contribution in [0.4, 0.5) is 0 Å². The van der Waals surface area contributed by atoms with E-state index in [1.54, 1.807) is 0 Å². The molecular formula is C18H26O10. The first kappa shape index (κ1) is 24.0. The van der Waals surface area contributed by atoms with E-state index in [0.29, 0.717) is 0 Å². The third kappa shape index (κ3) is 5.71. The molecule has 0 aliphatic heterocycles. The molecule has 1 rings (SSSR count). The largest absolute Gasteiger partial charge is 0.461 e. The summed E-state index contributed by atoms with van der Waals surface area (Å²) in [5, 5.41) is 55.6. The van der Waals surface area contributed by atoms with E-state index in [2.05, 4.69) is 0 Å². The van der Waals surface area contributed by atoms with Gasteiger partial charge in [0.1, 0.15) is 13.2 Å². The van der Waals surface area contributed by atoms with Gasteiger partial charge in [-0.1, -0.05) is 12.1 Å². The normalized spacial score (nSPS) is 11.9. The van der Waals surface area contributed by atoms with Gasteiger partial charge in [0.25, 0.3) is 0 Å². The van der Waals surface area contributed by atoms with Crippen molar-refractivity contribution in [2.45, 2.75) is 0 Å². The van der Waals surface area contributed by atoms with Crippen LogP contribution in [0.15, 0.2) is 24.3 Å². The second kappa shape index (κ2) is 11.1. The topological polar surface area (TPSA) is 174 Å². The van der Waals surface area contributed by atoms with Crippen LogP contribution in [0.1, 0.15) is 20.7 Å². The molecule has 0 amide bonds. The molecule has 1 aromatic carbocycles. The standard InChI is InChI=1S/C18H26O10/c19-5-17(6-20,7-21)11-27-15(25)13-3-1-2-4-14(13)16(26)28-12-18(8-22,9-23)10-24/h1-4,19-24H,5-12H2. The van der Waals surface area contributed by atoms with Crippen molar-refractivity contribution in [3.8, 4) is 0 Å². The van der Waals surface area contributed by atoms with Crippen molar-refractivity contribution in [3.05, 3.63) is 35.4 Å². The molecule has 10 nitrogen and oxygen atoms in total. The summed E-state index contributed by atoms with van der Waals surface area (Å²) in [5.74, 6) is -1.88. The fraction of sp³-hybridized carbons (Fsp3) is 0.556. The Balaban J connectivity index is 2.92. The molecule has 6 N–H and O–H groups in total. The van der Waals surface area contributed by atoms with Gasteiger partial charge in [0.15, 0.2) is 0 Å². The SMILES string of the molecule is O=C(OCC(CO)(CO)CO)c1ccccc1C(=O)OCC(CO)(CO)CO. The van der Waals surface area contributed by atoms with Crippen LogP contribution in [0.25, 0.3) is 0 Å². The molecule has 0 atom stereocenters. The zero-order chi connectivity index (χ0) is 21.2. The van der Waals surface area contributed by atoms with E-state index in [9.17, 15) is 40.2 Å². The molecule has 158 valence electrons. The number of ether oxygens (including phenoxy) is 2. The van der Waals surface area contributed by atoms with Gasteiger partial charge in [-0.3, -0.25) is 0 Å². The van der Waals surface area contributed by atoms with E-state index in [1.165, 1.54) is 24.3 Å². The van der Waals surface area contributed by atoms with Gasteiger partial charge in [-0.2, -0.15) is 0 Å². The quantitative estimate of drug-likeness (QED) is 0.213. The van der Waals surface area contributed by atoms with Crippen LogP contribution in [-0.4, -0.2) is 95.4 Å². The highest BCUT2D eigenvalue weighted by molar-refractivity contribution is 6.03. The average Bonchev–Trinajstić information content (AvgIpc) is 2.76. The lowest BCUT2D eigenvalue weighted by molar-refractivity contribution is -0.0461. The van der Waals surface area contributed by atoms with E-state index >= 15 is 0 Å². The van der Waals surface area contributed by atoms with E-state index in [-0.39, 0.29) is 11.1 Å². The predicted molar refractivity (Wildman–Crippen MR) is 94.4 cm³/mol. The van der Waals surface area contributed by atoms with Crippen LogP contribution < -0.4 is 0 Å². The van der Waals surface area contributed by atoms with Crippen molar-refractivity contribution >= 4 is 11.9 Å². The fourth-order valence-corrected chi connectivity index (χ4v) is 2.01. The first-order chi connectivity index (χ1) is 13.4. The Labute approximate surface area is 161 Å². The Morgan fingerprint density at radius 1 is 0.643 bits per heavy atom. The summed E-state index contributed by atoms with van der Waals surface area (Å²) in [5.41, 5.74) is -3.15. The summed E-state index contributed by atoms with van der Waals surface area (Å²) in [6.45, 7) is -4.70. The summed E-state index contributed by atoms with van der Waals surface area (Å²) in [4.78, 5) is 24.7. The zero-order valence-corrected chi connectivity index (χ0v) is 15.3. The molecule has 0 fully saturated rings. The monoisotopic (exact) mass is 402 g/mol. The summed E-state index contributed by atoms with van der Waals surface area (Å²) in [6.07, 6.45) is 0. The maximum Gasteiger partial charge on any atom is 0.339 e. The number of aliphatic hydroxyl groups excluding tert-OH is 6. The number of esters is 2. The number of carbonyl (C=O) groups excluding carboxylic acids is 2. The number of hydrogen-bond acceptors (Lipinski definition) is 10.